The molecule has 0 aliphatic carbocycles. The summed E-state index contributed by atoms with van der Waals surface area (Å²) in [6, 6.07) is 13.5. The van der Waals surface area contributed by atoms with Gasteiger partial charge in [-0.15, -0.1) is 0 Å². The second-order valence-electron chi connectivity index (χ2n) is 5.42. The number of phenols is 1. The lowest BCUT2D eigenvalue weighted by molar-refractivity contribution is -0.123. The first-order valence-corrected chi connectivity index (χ1v) is 8.61. The largest absolute Gasteiger partial charge is 0.508 e. The summed E-state index contributed by atoms with van der Waals surface area (Å²) in [6.07, 6.45) is 1.74. The number of phenolic OH excluding ortho intramolecular Hbond substituents is 1. The SMILES string of the molecule is Cc1ccc(C=C2SC(=S)N(NC(=O)c3ccc(O)cc3)C2=O)cc1. The molecule has 0 unspecified atom stereocenters. The summed E-state index contributed by atoms with van der Waals surface area (Å²) >= 11 is 6.33. The first-order valence-electron chi connectivity index (χ1n) is 7.39. The van der Waals surface area contributed by atoms with Gasteiger partial charge < -0.3 is 5.11 Å². The number of carbonyl (C=O) groups excluding carboxylic acids is 2. The zero-order valence-electron chi connectivity index (χ0n) is 13.2. The van der Waals surface area contributed by atoms with Crippen LogP contribution in [-0.2, 0) is 4.79 Å². The topological polar surface area (TPSA) is 69.6 Å². The molecular weight excluding hydrogens is 356 g/mol. The zero-order valence-corrected chi connectivity index (χ0v) is 14.9. The number of nitrogens with one attached hydrogen (secondary N) is 1. The Balaban J connectivity index is 1.76. The summed E-state index contributed by atoms with van der Waals surface area (Å²) in [5.41, 5.74) is 4.83. The van der Waals surface area contributed by atoms with Crippen LogP contribution in [0.3, 0.4) is 0 Å². The standard InChI is InChI=1S/C18H14N2O3S2/c1-11-2-4-12(5-3-11)10-15-17(23)20(18(24)25-15)19-16(22)13-6-8-14(21)9-7-13/h2-10,21H,1H3,(H,19,22). The fraction of sp³-hybridized carbons (Fsp3) is 0.0556. The van der Waals surface area contributed by atoms with Crippen LogP contribution < -0.4 is 5.43 Å². The Bertz CT molecular complexity index is 874. The molecule has 5 nitrogen and oxygen atoms in total. The van der Waals surface area contributed by atoms with E-state index < -0.39 is 5.91 Å². The number of hydrogen-bond donors (Lipinski definition) is 2. The van der Waals surface area contributed by atoms with Gasteiger partial charge in [-0.05, 0) is 55.0 Å². The third kappa shape index (κ3) is 3.89. The van der Waals surface area contributed by atoms with Crippen molar-refractivity contribution in [3.63, 3.8) is 0 Å². The minimum atomic E-state index is -0.479. The molecule has 3 rings (SSSR count). The van der Waals surface area contributed by atoms with E-state index in [2.05, 4.69) is 5.43 Å². The quantitative estimate of drug-likeness (QED) is 0.641. The summed E-state index contributed by atoms with van der Waals surface area (Å²) in [5.74, 6) is -0.793. The number of carbonyl (C=O) groups is 2. The Hall–Kier alpha value is -2.64. The molecule has 2 aromatic rings. The number of thiocarbonyl (C=S) groups is 1. The predicted octanol–water partition coefficient (Wildman–Crippen LogP) is 3.25. The van der Waals surface area contributed by atoms with E-state index in [0.29, 0.717) is 10.5 Å². The smallest absolute Gasteiger partial charge is 0.285 e. The number of aromatic hydroxyl groups is 1. The van der Waals surface area contributed by atoms with E-state index in [0.717, 1.165) is 27.9 Å². The van der Waals surface area contributed by atoms with E-state index >= 15 is 0 Å². The molecule has 1 aliphatic rings. The van der Waals surface area contributed by atoms with Gasteiger partial charge in [0.05, 0.1) is 4.91 Å². The summed E-state index contributed by atoms with van der Waals surface area (Å²) in [4.78, 5) is 25.2. The molecule has 7 heteroatoms. The highest BCUT2D eigenvalue weighted by Gasteiger charge is 2.33. The number of amides is 2. The van der Waals surface area contributed by atoms with E-state index in [1.807, 2.05) is 31.2 Å². The molecule has 0 bridgehead atoms. The van der Waals surface area contributed by atoms with Crippen molar-refractivity contribution in [2.45, 2.75) is 6.92 Å². The van der Waals surface area contributed by atoms with Gasteiger partial charge in [-0.1, -0.05) is 41.6 Å². The van der Waals surface area contributed by atoms with Gasteiger partial charge in [0.1, 0.15) is 5.75 Å². The van der Waals surface area contributed by atoms with Gasteiger partial charge in [0, 0.05) is 5.56 Å². The van der Waals surface area contributed by atoms with E-state index in [4.69, 9.17) is 12.2 Å². The third-order valence-electron chi connectivity index (χ3n) is 3.51. The number of aryl methyl sites for hydroxylation is 1. The molecule has 1 heterocycles. The lowest BCUT2D eigenvalue weighted by Gasteiger charge is -2.15. The molecule has 126 valence electrons. The molecule has 2 aromatic carbocycles. The second kappa shape index (κ2) is 7.08. The number of benzene rings is 2. The van der Waals surface area contributed by atoms with Crippen molar-refractivity contribution in [2.75, 3.05) is 0 Å². The summed E-state index contributed by atoms with van der Waals surface area (Å²) in [6.45, 7) is 1.99. The van der Waals surface area contributed by atoms with Crippen LogP contribution >= 0.6 is 24.0 Å². The van der Waals surface area contributed by atoms with Gasteiger partial charge >= 0.3 is 0 Å². The third-order valence-corrected chi connectivity index (χ3v) is 4.81. The Morgan fingerprint density at radius 1 is 1.16 bits per heavy atom. The molecule has 25 heavy (non-hydrogen) atoms. The Morgan fingerprint density at radius 3 is 2.44 bits per heavy atom. The highest BCUT2D eigenvalue weighted by atomic mass is 32.2. The molecular formula is C18H14N2O3S2. The maximum absolute atomic E-state index is 12.5. The summed E-state index contributed by atoms with van der Waals surface area (Å²) in [5, 5.41) is 10.3. The molecule has 0 saturated carbocycles. The van der Waals surface area contributed by atoms with Crippen molar-refractivity contribution in [1.82, 2.24) is 10.4 Å². The van der Waals surface area contributed by atoms with Crippen LogP contribution in [0.15, 0.2) is 53.4 Å². The van der Waals surface area contributed by atoms with Crippen molar-refractivity contribution in [3.8, 4) is 5.75 Å². The molecule has 1 aliphatic heterocycles. The van der Waals surface area contributed by atoms with Crippen molar-refractivity contribution in [1.29, 1.82) is 0 Å². The fourth-order valence-electron chi connectivity index (χ4n) is 2.16. The highest BCUT2D eigenvalue weighted by Crippen LogP contribution is 2.31. The van der Waals surface area contributed by atoms with E-state index in [1.165, 1.54) is 24.3 Å². The minimum Gasteiger partial charge on any atom is -0.508 e. The van der Waals surface area contributed by atoms with E-state index in [-0.39, 0.29) is 16.0 Å². The lowest BCUT2D eigenvalue weighted by Crippen LogP contribution is -2.44. The predicted molar refractivity (Wildman–Crippen MR) is 102 cm³/mol. The van der Waals surface area contributed by atoms with Crippen LogP contribution in [-0.4, -0.2) is 26.3 Å². The van der Waals surface area contributed by atoms with E-state index in [9.17, 15) is 14.7 Å². The molecule has 0 radical (unpaired) electrons. The van der Waals surface area contributed by atoms with Crippen molar-refractivity contribution >= 4 is 46.2 Å². The lowest BCUT2D eigenvalue weighted by atomic mass is 10.1. The normalized spacial score (nSPS) is 15.7. The van der Waals surface area contributed by atoms with Gasteiger partial charge in [-0.3, -0.25) is 15.0 Å². The number of nitrogens with zero attached hydrogens (tertiary/aromatic N) is 1. The monoisotopic (exact) mass is 370 g/mol. The van der Waals surface area contributed by atoms with E-state index in [1.54, 1.807) is 6.08 Å². The van der Waals surface area contributed by atoms with Crippen LogP contribution in [0.1, 0.15) is 21.5 Å². The summed E-state index contributed by atoms with van der Waals surface area (Å²) in [7, 11) is 0. The molecule has 1 fully saturated rings. The number of hydrogen-bond acceptors (Lipinski definition) is 5. The average molecular weight is 370 g/mol. The summed E-state index contributed by atoms with van der Waals surface area (Å²) < 4.78 is 0.260. The van der Waals surface area contributed by atoms with Crippen LogP contribution in [0, 0.1) is 6.92 Å². The Kier molecular flexibility index (Phi) is 4.87. The molecule has 2 N–H and O–H groups in total. The molecule has 2 amide bonds. The molecule has 1 saturated heterocycles. The molecule has 0 aromatic heterocycles. The van der Waals surface area contributed by atoms with Crippen LogP contribution in [0.2, 0.25) is 0 Å². The first-order chi connectivity index (χ1) is 11.9. The van der Waals surface area contributed by atoms with Crippen molar-refractivity contribution < 1.29 is 14.7 Å². The first kappa shape index (κ1) is 17.2. The maximum atomic E-state index is 12.5. The molecule has 0 atom stereocenters. The Labute approximate surface area is 154 Å². The van der Waals surface area contributed by atoms with Gasteiger partial charge in [0.2, 0.25) is 0 Å². The van der Waals surface area contributed by atoms with Gasteiger partial charge in [0.15, 0.2) is 4.32 Å². The van der Waals surface area contributed by atoms with Crippen LogP contribution in [0.5, 0.6) is 5.75 Å². The Morgan fingerprint density at radius 2 is 1.80 bits per heavy atom. The van der Waals surface area contributed by atoms with Crippen LogP contribution in [0.4, 0.5) is 0 Å². The fourth-order valence-corrected chi connectivity index (χ4v) is 3.34. The maximum Gasteiger partial charge on any atom is 0.285 e. The number of thioether (sulfide) groups is 1. The number of rotatable bonds is 3. The van der Waals surface area contributed by atoms with Crippen molar-refractivity contribution in [3.05, 3.63) is 70.1 Å². The van der Waals surface area contributed by atoms with Gasteiger partial charge in [-0.2, -0.15) is 5.01 Å². The van der Waals surface area contributed by atoms with Crippen molar-refractivity contribution in [2.24, 2.45) is 0 Å². The zero-order chi connectivity index (χ0) is 18.0. The van der Waals surface area contributed by atoms with Gasteiger partial charge in [-0.25, -0.2) is 0 Å². The highest BCUT2D eigenvalue weighted by molar-refractivity contribution is 8.26. The average Bonchev–Trinajstić information content (AvgIpc) is 2.85. The minimum absolute atomic E-state index is 0.0585. The van der Waals surface area contributed by atoms with Gasteiger partial charge in [0.25, 0.3) is 11.8 Å². The van der Waals surface area contributed by atoms with Crippen LogP contribution in [0.25, 0.3) is 6.08 Å². The molecule has 0 spiro atoms. The number of hydrazine groups is 1. The second-order valence-corrected chi connectivity index (χ2v) is 7.09.